The van der Waals surface area contributed by atoms with E-state index in [1.54, 1.807) is 43.3 Å². The second kappa shape index (κ2) is 9.76. The summed E-state index contributed by atoms with van der Waals surface area (Å²) in [6.07, 6.45) is 0. The zero-order chi connectivity index (χ0) is 22.4. The van der Waals surface area contributed by atoms with Gasteiger partial charge in [0.1, 0.15) is 12.3 Å². The number of nitrogens with zero attached hydrogens (tertiary/aromatic N) is 2. The standard InChI is InChI=1S/C22H23N3O4S2/c1-16-6-12-20(13-7-16)31(27,28)25(18-8-10-19(29-3)11-9-18)15-22(26)24-23-17(2)21-5-4-14-30-21/h4-14H,15H2,1-3H3,(H,24,26)/b23-17-. The van der Waals surface area contributed by atoms with Gasteiger partial charge in [0.25, 0.3) is 15.9 Å². The van der Waals surface area contributed by atoms with Crippen LogP contribution in [0.25, 0.3) is 0 Å². The molecule has 1 N–H and O–H groups in total. The Morgan fingerprint density at radius 2 is 1.77 bits per heavy atom. The maximum absolute atomic E-state index is 13.3. The lowest BCUT2D eigenvalue weighted by Gasteiger charge is -2.24. The first kappa shape index (κ1) is 22.5. The largest absolute Gasteiger partial charge is 0.497 e. The molecule has 0 aliphatic carbocycles. The van der Waals surface area contributed by atoms with Crippen molar-refractivity contribution in [3.05, 3.63) is 76.5 Å². The van der Waals surface area contributed by atoms with Gasteiger partial charge in [-0.25, -0.2) is 13.8 Å². The Hall–Kier alpha value is -3.17. The molecular weight excluding hydrogens is 434 g/mol. The van der Waals surface area contributed by atoms with Crippen LogP contribution in [-0.4, -0.2) is 33.7 Å². The van der Waals surface area contributed by atoms with Gasteiger partial charge in [0.15, 0.2) is 0 Å². The number of anilines is 1. The first-order chi connectivity index (χ1) is 14.8. The number of benzene rings is 2. The fourth-order valence-electron chi connectivity index (χ4n) is 2.75. The number of carbonyl (C=O) groups excluding carboxylic acids is 1. The summed E-state index contributed by atoms with van der Waals surface area (Å²) in [6.45, 7) is 3.22. The molecule has 162 valence electrons. The lowest BCUT2D eigenvalue weighted by atomic mass is 10.2. The van der Waals surface area contributed by atoms with E-state index in [-0.39, 0.29) is 4.90 Å². The molecule has 1 amide bonds. The van der Waals surface area contributed by atoms with Crippen molar-refractivity contribution in [2.45, 2.75) is 18.7 Å². The number of carbonyl (C=O) groups is 1. The molecule has 1 heterocycles. The minimum Gasteiger partial charge on any atom is -0.497 e. The van der Waals surface area contributed by atoms with Crippen molar-refractivity contribution in [1.29, 1.82) is 0 Å². The highest BCUT2D eigenvalue weighted by Gasteiger charge is 2.27. The summed E-state index contributed by atoms with van der Waals surface area (Å²) in [5.41, 5.74) is 4.37. The molecule has 0 atom stereocenters. The average molecular weight is 458 g/mol. The Labute approximate surface area is 186 Å². The number of methoxy groups -OCH3 is 1. The van der Waals surface area contributed by atoms with Crippen LogP contribution in [0.3, 0.4) is 0 Å². The van der Waals surface area contributed by atoms with E-state index in [1.807, 2.05) is 24.4 Å². The molecule has 7 nitrogen and oxygen atoms in total. The highest BCUT2D eigenvalue weighted by Crippen LogP contribution is 2.26. The normalized spacial score (nSPS) is 11.8. The second-order valence-corrected chi connectivity index (χ2v) is 9.54. The number of hydrogen-bond acceptors (Lipinski definition) is 6. The van der Waals surface area contributed by atoms with Crippen LogP contribution in [0.15, 0.2) is 76.0 Å². The predicted molar refractivity (Wildman–Crippen MR) is 123 cm³/mol. The van der Waals surface area contributed by atoms with Crippen LogP contribution in [0.1, 0.15) is 17.4 Å². The molecule has 0 fully saturated rings. The van der Waals surface area contributed by atoms with Gasteiger partial charge >= 0.3 is 0 Å². The Morgan fingerprint density at radius 3 is 2.35 bits per heavy atom. The highest BCUT2D eigenvalue weighted by atomic mass is 32.2. The molecule has 1 aromatic heterocycles. The predicted octanol–water partition coefficient (Wildman–Crippen LogP) is 3.80. The van der Waals surface area contributed by atoms with Gasteiger partial charge in [-0.15, -0.1) is 11.3 Å². The SMILES string of the molecule is COc1ccc(N(CC(=O)N/N=C(/C)c2cccs2)S(=O)(=O)c2ccc(C)cc2)cc1. The Kier molecular flexibility index (Phi) is 7.09. The van der Waals surface area contributed by atoms with E-state index in [0.717, 1.165) is 14.7 Å². The Balaban J connectivity index is 1.89. The van der Waals surface area contributed by atoms with Crippen molar-refractivity contribution in [2.24, 2.45) is 5.10 Å². The van der Waals surface area contributed by atoms with Crippen molar-refractivity contribution in [3.63, 3.8) is 0 Å². The number of nitrogens with one attached hydrogen (secondary N) is 1. The summed E-state index contributed by atoms with van der Waals surface area (Å²) in [7, 11) is -2.46. The van der Waals surface area contributed by atoms with Crippen LogP contribution in [0.4, 0.5) is 5.69 Å². The summed E-state index contributed by atoms with van der Waals surface area (Å²) in [4.78, 5) is 13.6. The molecule has 9 heteroatoms. The summed E-state index contributed by atoms with van der Waals surface area (Å²) >= 11 is 1.50. The Bertz CT molecular complexity index is 1150. The molecule has 31 heavy (non-hydrogen) atoms. The quantitative estimate of drug-likeness (QED) is 0.412. The molecule has 2 aromatic carbocycles. The molecular formula is C22H23N3O4S2. The number of amides is 1. The van der Waals surface area contributed by atoms with Gasteiger partial charge in [-0.2, -0.15) is 5.10 Å². The van der Waals surface area contributed by atoms with Crippen molar-refractivity contribution in [2.75, 3.05) is 18.0 Å². The number of ether oxygens (including phenoxy) is 1. The molecule has 0 aliphatic heterocycles. The zero-order valence-electron chi connectivity index (χ0n) is 17.4. The van der Waals surface area contributed by atoms with Crippen molar-refractivity contribution in [3.8, 4) is 5.75 Å². The average Bonchev–Trinajstić information content (AvgIpc) is 3.31. The van der Waals surface area contributed by atoms with Gasteiger partial charge in [-0.05, 0) is 61.7 Å². The number of rotatable bonds is 8. The van der Waals surface area contributed by atoms with Crippen molar-refractivity contribution < 1.29 is 17.9 Å². The van der Waals surface area contributed by atoms with E-state index >= 15 is 0 Å². The van der Waals surface area contributed by atoms with Gasteiger partial charge in [-0.1, -0.05) is 23.8 Å². The molecule has 0 unspecified atom stereocenters. The fourth-order valence-corrected chi connectivity index (χ4v) is 4.85. The minimum absolute atomic E-state index is 0.0972. The monoisotopic (exact) mass is 457 g/mol. The number of thiophene rings is 1. The maximum atomic E-state index is 13.3. The van der Waals surface area contributed by atoms with Crippen LogP contribution in [0, 0.1) is 6.92 Å². The summed E-state index contributed by atoms with van der Waals surface area (Å²) in [5.74, 6) is 0.0273. The van der Waals surface area contributed by atoms with E-state index < -0.39 is 22.5 Å². The third-order valence-electron chi connectivity index (χ3n) is 4.48. The zero-order valence-corrected chi connectivity index (χ0v) is 19.0. The number of hydrogen-bond donors (Lipinski definition) is 1. The molecule has 0 bridgehead atoms. The molecule has 0 radical (unpaired) electrons. The first-order valence-corrected chi connectivity index (χ1v) is 11.7. The minimum atomic E-state index is -3.98. The first-order valence-electron chi connectivity index (χ1n) is 9.42. The Morgan fingerprint density at radius 1 is 1.10 bits per heavy atom. The van der Waals surface area contributed by atoms with Gasteiger partial charge < -0.3 is 4.74 Å². The second-order valence-electron chi connectivity index (χ2n) is 6.73. The van der Waals surface area contributed by atoms with Crippen LogP contribution < -0.4 is 14.5 Å². The van der Waals surface area contributed by atoms with Crippen molar-refractivity contribution in [1.82, 2.24) is 5.43 Å². The van der Waals surface area contributed by atoms with E-state index in [0.29, 0.717) is 17.1 Å². The topological polar surface area (TPSA) is 88.1 Å². The third kappa shape index (κ3) is 5.50. The molecule has 0 aliphatic rings. The lowest BCUT2D eigenvalue weighted by molar-refractivity contribution is -0.119. The van der Waals surface area contributed by atoms with E-state index in [1.165, 1.54) is 30.6 Å². The van der Waals surface area contributed by atoms with Crippen LogP contribution in [0.5, 0.6) is 5.75 Å². The van der Waals surface area contributed by atoms with Crippen molar-refractivity contribution >= 4 is 38.7 Å². The lowest BCUT2D eigenvalue weighted by Crippen LogP contribution is -2.39. The van der Waals surface area contributed by atoms with Gasteiger partial charge in [0, 0.05) is 4.88 Å². The van der Waals surface area contributed by atoms with Crippen LogP contribution in [-0.2, 0) is 14.8 Å². The van der Waals surface area contributed by atoms with Gasteiger partial charge in [0.05, 0.1) is 23.4 Å². The van der Waals surface area contributed by atoms with Gasteiger partial charge in [0.2, 0.25) is 0 Å². The molecule has 0 saturated heterocycles. The number of sulfonamides is 1. The smallest absolute Gasteiger partial charge is 0.264 e. The van der Waals surface area contributed by atoms with Gasteiger partial charge in [-0.3, -0.25) is 9.10 Å². The van der Waals surface area contributed by atoms with E-state index in [4.69, 9.17) is 4.74 Å². The third-order valence-corrected chi connectivity index (χ3v) is 7.25. The fraction of sp³-hybridized carbons (Fsp3) is 0.182. The highest BCUT2D eigenvalue weighted by molar-refractivity contribution is 7.92. The van der Waals surface area contributed by atoms with Crippen LogP contribution in [0.2, 0.25) is 0 Å². The van der Waals surface area contributed by atoms with Crippen LogP contribution >= 0.6 is 11.3 Å². The molecule has 3 rings (SSSR count). The summed E-state index contributed by atoms with van der Waals surface area (Å²) in [5, 5.41) is 6.01. The van der Waals surface area contributed by atoms with E-state index in [9.17, 15) is 13.2 Å². The molecule has 0 saturated carbocycles. The molecule has 0 spiro atoms. The summed E-state index contributed by atoms with van der Waals surface area (Å²) in [6, 6.07) is 16.7. The number of aryl methyl sites for hydroxylation is 1. The van der Waals surface area contributed by atoms with E-state index in [2.05, 4.69) is 10.5 Å². The molecule has 3 aromatic rings. The number of hydrazone groups is 1. The summed E-state index contributed by atoms with van der Waals surface area (Å²) < 4.78 is 32.9. The maximum Gasteiger partial charge on any atom is 0.264 e.